The van der Waals surface area contributed by atoms with Crippen LogP contribution in [0.5, 0.6) is 0 Å². The molecule has 1 amide bonds. The van der Waals surface area contributed by atoms with E-state index in [-0.39, 0.29) is 19.5 Å². The summed E-state index contributed by atoms with van der Waals surface area (Å²) < 4.78 is 62.9. The van der Waals surface area contributed by atoms with Crippen molar-refractivity contribution < 1.29 is 82.8 Å². The van der Waals surface area contributed by atoms with Gasteiger partial charge < -0.3 is 109 Å². The van der Waals surface area contributed by atoms with Crippen molar-refractivity contribution in [1.29, 1.82) is 0 Å². The van der Waals surface area contributed by atoms with Gasteiger partial charge in [-0.15, -0.1) is 0 Å². The van der Waals surface area contributed by atoms with Crippen molar-refractivity contribution in [3.8, 4) is 0 Å². The molecule has 22 nitrogen and oxygen atoms in total. The second kappa shape index (κ2) is 18.0. The molecule has 20 atom stereocenters. The summed E-state index contributed by atoms with van der Waals surface area (Å²) in [5.41, 5.74) is 29.1. The molecular weight excluding hydrogens is 712 g/mol. The van der Waals surface area contributed by atoms with Crippen LogP contribution in [0, 0.1) is 0 Å². The molecule has 52 heavy (non-hydrogen) atoms. The number of hydrogen-bond donors (Lipinski definition) is 15. The second-order valence-electron chi connectivity index (χ2n) is 13.4. The number of halogens is 2. The van der Waals surface area contributed by atoms with Gasteiger partial charge in [-0.3, -0.25) is 4.79 Å². The molecule has 3 aliphatic heterocycles. The molecule has 304 valence electrons. The van der Waals surface area contributed by atoms with Crippen LogP contribution in [-0.2, 0) is 33.2 Å². The summed E-state index contributed by atoms with van der Waals surface area (Å²) in [4.78, 5) is 12.6. The zero-order valence-corrected chi connectivity index (χ0v) is 28.2. The number of aliphatic hydroxyl groups excluding tert-OH is 8. The lowest BCUT2D eigenvalue weighted by Crippen LogP contribution is -2.69. The first kappa shape index (κ1) is 43.3. The Morgan fingerprint density at radius 3 is 1.85 bits per heavy atom. The van der Waals surface area contributed by atoms with E-state index >= 15 is 0 Å². The van der Waals surface area contributed by atoms with E-state index < -0.39 is 147 Å². The average molecular weight is 766 g/mol. The first-order valence-electron chi connectivity index (χ1n) is 16.7. The summed E-state index contributed by atoms with van der Waals surface area (Å²) in [5.74, 6) is -5.64. The van der Waals surface area contributed by atoms with E-state index in [1.54, 1.807) is 7.05 Å². The van der Waals surface area contributed by atoms with Crippen LogP contribution in [-0.4, -0.2) is 208 Å². The minimum atomic E-state index is -4.03. The number of amides is 1. The lowest BCUT2D eigenvalue weighted by Gasteiger charge is -2.48. The highest BCUT2D eigenvalue weighted by Crippen LogP contribution is 2.35. The van der Waals surface area contributed by atoms with E-state index in [1.807, 2.05) is 0 Å². The molecule has 0 spiro atoms. The summed E-state index contributed by atoms with van der Waals surface area (Å²) in [6.07, 6.45) is -26.0. The predicted molar refractivity (Wildman–Crippen MR) is 167 cm³/mol. The van der Waals surface area contributed by atoms with Crippen LogP contribution in [0.25, 0.3) is 0 Å². The summed E-state index contributed by atoms with van der Waals surface area (Å²) in [6.45, 7) is -2.37. The Morgan fingerprint density at radius 2 is 1.31 bits per heavy atom. The molecule has 1 aliphatic carbocycles. The number of carbonyl (C=O) groups is 1. The molecule has 1 unspecified atom stereocenters. The van der Waals surface area contributed by atoms with Gasteiger partial charge in [-0.1, -0.05) is 0 Å². The number of alkyl halides is 2. The third kappa shape index (κ3) is 8.97. The van der Waals surface area contributed by atoms with Crippen LogP contribution in [0.1, 0.15) is 6.42 Å². The third-order valence-electron chi connectivity index (χ3n) is 9.75. The normalized spacial score (nSPS) is 46.6. The predicted octanol–water partition coefficient (Wildman–Crippen LogP) is -9.52. The highest BCUT2D eigenvalue weighted by molar-refractivity contribution is 5.82. The van der Waals surface area contributed by atoms with Crippen molar-refractivity contribution in [1.82, 2.24) is 10.6 Å². The molecule has 0 aromatic carbocycles. The minimum absolute atomic E-state index is 0.0381. The summed E-state index contributed by atoms with van der Waals surface area (Å²) in [6, 6.07) is -5.47. The Balaban J connectivity index is 1.59. The number of hydrogen-bond acceptors (Lipinski definition) is 21. The molecule has 0 radical (unpaired) electrons. The van der Waals surface area contributed by atoms with Crippen LogP contribution in [0.4, 0.5) is 8.78 Å². The zero-order chi connectivity index (χ0) is 38.8. The van der Waals surface area contributed by atoms with Gasteiger partial charge >= 0.3 is 0 Å². The smallest absolute Gasteiger partial charge is 0.294 e. The van der Waals surface area contributed by atoms with Crippen LogP contribution >= 0.6 is 0 Å². The van der Waals surface area contributed by atoms with Crippen LogP contribution in [0.15, 0.2) is 0 Å². The van der Waals surface area contributed by atoms with Crippen molar-refractivity contribution >= 4 is 5.91 Å². The fraction of sp³-hybridized carbons (Fsp3) is 0.964. The Morgan fingerprint density at radius 1 is 0.788 bits per heavy atom. The van der Waals surface area contributed by atoms with Crippen molar-refractivity contribution in [3.05, 3.63) is 0 Å². The van der Waals surface area contributed by atoms with Gasteiger partial charge in [0.2, 0.25) is 0 Å². The number of carbonyl (C=O) groups excluding carboxylic acids is 1. The average Bonchev–Trinajstić information content (AvgIpc) is 3.41. The number of ether oxygens (including phenoxy) is 6. The summed E-state index contributed by atoms with van der Waals surface area (Å²) in [7, 11) is 1.55. The Hall–Kier alpha value is -1.47. The van der Waals surface area contributed by atoms with E-state index in [2.05, 4.69) is 10.6 Å². The van der Waals surface area contributed by atoms with Crippen LogP contribution < -0.4 is 39.3 Å². The fourth-order valence-corrected chi connectivity index (χ4v) is 6.59. The van der Waals surface area contributed by atoms with Gasteiger partial charge in [0, 0.05) is 19.1 Å². The van der Waals surface area contributed by atoms with Crippen molar-refractivity contribution in [2.24, 2.45) is 28.7 Å². The molecule has 4 aliphatic rings. The van der Waals surface area contributed by atoms with Gasteiger partial charge in [0.15, 0.2) is 25.0 Å². The second-order valence-corrected chi connectivity index (χ2v) is 13.4. The Bertz CT molecular complexity index is 1160. The highest BCUT2D eigenvalue weighted by Gasteiger charge is 2.55. The topological polar surface area (TPSA) is 388 Å². The molecule has 0 aromatic heterocycles. The SMILES string of the molecule is CNC[C@H]1O[C@H](O[C@H]2[C@H](O[C@@H]3O[C@H](CO)[C@@H](O[C@H]4O[C@@H](CN)[C@@H](O)[C@H](O)[C@H]4N)[C@H]3O)[C@@H](O)[C@H](NC(=O)C(O)C(F)(F)CN)C[C@@H]2N)[C@H](N)[C@@H](O)[C@@H]1O. The van der Waals surface area contributed by atoms with Crippen molar-refractivity contribution in [2.45, 2.75) is 135 Å². The highest BCUT2D eigenvalue weighted by atomic mass is 19.3. The molecule has 24 heteroatoms. The molecule has 0 aromatic rings. The largest absolute Gasteiger partial charge is 0.394 e. The first-order chi connectivity index (χ1) is 24.4. The van der Waals surface area contributed by atoms with Gasteiger partial charge in [0.1, 0.15) is 73.2 Å². The van der Waals surface area contributed by atoms with Crippen LogP contribution in [0.2, 0.25) is 0 Å². The maximum absolute atomic E-state index is 14.0. The monoisotopic (exact) mass is 765 g/mol. The quantitative estimate of drug-likeness (QED) is 0.0780. The lowest BCUT2D eigenvalue weighted by molar-refractivity contribution is -0.308. The van der Waals surface area contributed by atoms with Gasteiger partial charge in [0.25, 0.3) is 11.8 Å². The Kier molecular flexibility index (Phi) is 15.0. The summed E-state index contributed by atoms with van der Waals surface area (Å²) in [5, 5.41) is 89.4. The van der Waals surface area contributed by atoms with E-state index in [9.17, 15) is 54.4 Å². The van der Waals surface area contributed by atoms with E-state index in [0.29, 0.717) is 0 Å². The molecule has 3 saturated heterocycles. The first-order valence-corrected chi connectivity index (χ1v) is 16.7. The van der Waals surface area contributed by atoms with E-state index in [4.69, 9.17) is 57.1 Å². The number of rotatable bonds is 14. The maximum atomic E-state index is 14.0. The molecule has 4 fully saturated rings. The molecule has 4 rings (SSSR count). The number of likely N-dealkylation sites (N-methyl/N-ethyl adjacent to an activating group) is 1. The molecule has 20 N–H and O–H groups in total. The number of aliphatic hydroxyl groups is 8. The van der Waals surface area contributed by atoms with Gasteiger partial charge in [-0.05, 0) is 13.5 Å². The number of nitrogens with one attached hydrogen (secondary N) is 2. The summed E-state index contributed by atoms with van der Waals surface area (Å²) >= 11 is 0. The Labute approximate surface area is 296 Å². The standard InChI is InChI=1S/C28H53F2N7O15/c1-36-4-10-16(41)18(43)13(35)26(48-10)50-20-7(33)2-8(37-24(46)23(45)28(29,30)6-32)14(39)22(20)52-27-19(44)21(11(5-38)49-27)51-25-12(34)17(42)15(40)9(3-31)47-25/h7-23,25-27,36,38-45H,2-6,31-35H2,1H3,(H,37,46)/t7-,8+,9-,10+,11+,12+,13+,14-,15+,16+,17+,18+,19+,20+,21+,22+,23?,25+,26+,27-/m0/s1. The minimum Gasteiger partial charge on any atom is -0.394 e. The van der Waals surface area contributed by atoms with Crippen molar-refractivity contribution in [2.75, 3.05) is 33.3 Å². The third-order valence-corrected chi connectivity index (χ3v) is 9.75. The fourth-order valence-electron chi connectivity index (χ4n) is 6.59. The van der Waals surface area contributed by atoms with Crippen LogP contribution in [0.3, 0.4) is 0 Å². The van der Waals surface area contributed by atoms with E-state index in [1.165, 1.54) is 0 Å². The molecular formula is C28H53F2N7O15. The molecule has 1 saturated carbocycles. The van der Waals surface area contributed by atoms with Crippen molar-refractivity contribution in [3.63, 3.8) is 0 Å². The number of nitrogens with two attached hydrogens (primary N) is 5. The zero-order valence-electron chi connectivity index (χ0n) is 28.2. The van der Waals surface area contributed by atoms with Gasteiger partial charge in [0.05, 0.1) is 31.3 Å². The maximum Gasteiger partial charge on any atom is 0.294 e. The lowest BCUT2D eigenvalue weighted by atomic mass is 9.83. The van der Waals surface area contributed by atoms with Gasteiger partial charge in [-0.2, -0.15) is 0 Å². The molecule has 0 bridgehead atoms. The van der Waals surface area contributed by atoms with E-state index in [0.717, 1.165) is 0 Å². The molecule has 3 heterocycles. The van der Waals surface area contributed by atoms with Gasteiger partial charge in [-0.25, -0.2) is 8.78 Å².